The third-order valence-corrected chi connectivity index (χ3v) is 8.15. The fourth-order valence-corrected chi connectivity index (χ4v) is 5.98. The molecule has 0 atom stereocenters. The van der Waals surface area contributed by atoms with Gasteiger partial charge in [0.1, 0.15) is 11.5 Å². The molecule has 1 saturated heterocycles. The zero-order chi connectivity index (χ0) is 25.2. The molecule has 1 aliphatic heterocycles. The molecule has 0 radical (unpaired) electrons. The number of benzene rings is 2. The van der Waals surface area contributed by atoms with Gasteiger partial charge in [-0.3, -0.25) is 14.6 Å². The lowest BCUT2D eigenvalue weighted by Gasteiger charge is -2.27. The highest BCUT2D eigenvalue weighted by Crippen LogP contribution is 2.32. The number of rotatable bonds is 13. The molecule has 0 saturated carbocycles. The zero-order valence-corrected chi connectivity index (χ0v) is 24.0. The SMILES string of the molecule is CCOc1ccc2nc(N(CCCN3CCOCC3)C(=O)CCCSc3ccc(OC)cc3)sc2c1.Cl. The van der Waals surface area contributed by atoms with E-state index < -0.39 is 0 Å². The Morgan fingerprint density at radius 2 is 1.89 bits per heavy atom. The molecule has 0 spiro atoms. The molecule has 10 heteroatoms. The van der Waals surface area contributed by atoms with Crippen molar-refractivity contribution in [2.75, 3.05) is 63.8 Å². The number of ether oxygens (including phenoxy) is 3. The van der Waals surface area contributed by atoms with Crippen molar-refractivity contribution in [1.29, 1.82) is 0 Å². The largest absolute Gasteiger partial charge is 0.497 e. The number of hydrogen-bond donors (Lipinski definition) is 0. The minimum atomic E-state index is 0. The summed E-state index contributed by atoms with van der Waals surface area (Å²) >= 11 is 3.33. The van der Waals surface area contributed by atoms with Crippen molar-refractivity contribution in [3.63, 3.8) is 0 Å². The van der Waals surface area contributed by atoms with E-state index in [0.29, 0.717) is 19.6 Å². The van der Waals surface area contributed by atoms with Gasteiger partial charge in [-0.25, -0.2) is 4.98 Å². The van der Waals surface area contributed by atoms with Crippen molar-refractivity contribution < 1.29 is 19.0 Å². The summed E-state index contributed by atoms with van der Waals surface area (Å²) < 4.78 is 17.4. The normalized spacial score (nSPS) is 13.8. The Balaban J connectivity index is 0.00000380. The molecular formula is C27H36ClN3O4S2. The predicted molar refractivity (Wildman–Crippen MR) is 155 cm³/mol. The second-order valence-corrected chi connectivity index (χ2v) is 10.7. The number of hydrogen-bond acceptors (Lipinski definition) is 8. The number of morpholine rings is 1. The Hall–Kier alpha value is -2.04. The number of halogens is 1. The molecule has 2 heterocycles. The van der Waals surface area contributed by atoms with Gasteiger partial charge in [-0.15, -0.1) is 24.2 Å². The second-order valence-electron chi connectivity index (χ2n) is 8.54. The molecule has 1 aromatic heterocycles. The van der Waals surface area contributed by atoms with Crippen LogP contribution >= 0.6 is 35.5 Å². The summed E-state index contributed by atoms with van der Waals surface area (Å²) in [5.74, 6) is 2.71. The van der Waals surface area contributed by atoms with Crippen molar-refractivity contribution in [3.8, 4) is 11.5 Å². The van der Waals surface area contributed by atoms with Crippen LogP contribution in [0.4, 0.5) is 5.13 Å². The van der Waals surface area contributed by atoms with Crippen molar-refractivity contribution in [3.05, 3.63) is 42.5 Å². The first-order valence-electron chi connectivity index (χ1n) is 12.6. The highest BCUT2D eigenvalue weighted by atomic mass is 35.5. The average molecular weight is 566 g/mol. The Morgan fingerprint density at radius 1 is 1.14 bits per heavy atom. The fourth-order valence-electron chi connectivity index (χ4n) is 4.09. The molecule has 0 unspecified atom stereocenters. The van der Waals surface area contributed by atoms with E-state index in [9.17, 15) is 4.79 Å². The van der Waals surface area contributed by atoms with Crippen molar-refractivity contribution in [2.24, 2.45) is 0 Å². The van der Waals surface area contributed by atoms with Gasteiger partial charge >= 0.3 is 0 Å². The van der Waals surface area contributed by atoms with Gasteiger partial charge in [0.25, 0.3) is 0 Å². The van der Waals surface area contributed by atoms with Gasteiger partial charge in [0.05, 0.1) is 37.1 Å². The first-order chi connectivity index (χ1) is 17.7. The van der Waals surface area contributed by atoms with Crippen molar-refractivity contribution in [1.82, 2.24) is 9.88 Å². The third kappa shape index (κ3) is 8.75. The maximum Gasteiger partial charge on any atom is 0.228 e. The Bertz CT molecular complexity index is 1110. The molecule has 0 aliphatic carbocycles. The van der Waals surface area contributed by atoms with E-state index in [2.05, 4.69) is 17.0 Å². The van der Waals surface area contributed by atoms with E-state index in [1.54, 1.807) is 30.2 Å². The number of amides is 1. The predicted octanol–water partition coefficient (Wildman–Crippen LogP) is 5.75. The van der Waals surface area contributed by atoms with E-state index in [-0.39, 0.29) is 18.3 Å². The summed E-state index contributed by atoms with van der Waals surface area (Å²) in [4.78, 5) is 23.7. The quantitative estimate of drug-likeness (QED) is 0.193. The molecule has 1 aliphatic rings. The van der Waals surface area contributed by atoms with Gasteiger partial charge in [-0.05, 0) is 68.0 Å². The van der Waals surface area contributed by atoms with E-state index >= 15 is 0 Å². The molecule has 1 fully saturated rings. The minimum absolute atomic E-state index is 0. The standard InChI is InChI=1S/C27H35N3O4S2.ClH/c1-3-34-22-9-12-24-25(20-22)36-27(28-24)30(14-5-13-29-15-17-33-18-16-29)26(31)6-4-19-35-23-10-7-21(32-2)8-11-23;/h7-12,20H,3-6,13-19H2,1-2H3;1H. The van der Waals surface area contributed by atoms with Gasteiger partial charge in [-0.2, -0.15) is 0 Å². The molecular weight excluding hydrogens is 530 g/mol. The highest BCUT2D eigenvalue weighted by Gasteiger charge is 2.20. The first-order valence-corrected chi connectivity index (χ1v) is 14.4. The lowest BCUT2D eigenvalue weighted by atomic mass is 10.2. The van der Waals surface area contributed by atoms with Gasteiger partial charge in [-0.1, -0.05) is 11.3 Å². The molecule has 4 rings (SSSR count). The Kier molecular flexibility index (Phi) is 12.3. The summed E-state index contributed by atoms with van der Waals surface area (Å²) in [7, 11) is 1.67. The number of nitrogens with zero attached hydrogens (tertiary/aromatic N) is 3. The number of anilines is 1. The molecule has 37 heavy (non-hydrogen) atoms. The van der Waals surface area contributed by atoms with Gasteiger partial charge in [0, 0.05) is 37.5 Å². The molecule has 2 aromatic carbocycles. The summed E-state index contributed by atoms with van der Waals surface area (Å²) in [5, 5.41) is 0.772. The van der Waals surface area contributed by atoms with Crippen LogP contribution in [0.2, 0.25) is 0 Å². The lowest BCUT2D eigenvalue weighted by molar-refractivity contribution is -0.118. The zero-order valence-electron chi connectivity index (χ0n) is 21.5. The maximum absolute atomic E-state index is 13.4. The molecule has 202 valence electrons. The Labute approximate surface area is 233 Å². The third-order valence-electron chi connectivity index (χ3n) is 6.01. The summed E-state index contributed by atoms with van der Waals surface area (Å²) in [6.07, 6.45) is 2.22. The summed E-state index contributed by atoms with van der Waals surface area (Å²) in [6, 6.07) is 14.0. The highest BCUT2D eigenvalue weighted by molar-refractivity contribution is 7.99. The molecule has 0 N–H and O–H groups in total. The van der Waals surface area contributed by atoms with Crippen LogP contribution in [0.25, 0.3) is 10.2 Å². The van der Waals surface area contributed by atoms with Gasteiger partial charge < -0.3 is 14.2 Å². The monoisotopic (exact) mass is 565 g/mol. The number of carbonyl (C=O) groups is 1. The first kappa shape index (κ1) is 29.5. The number of methoxy groups -OCH3 is 1. The number of thiazole rings is 1. The molecule has 0 bridgehead atoms. The van der Waals surface area contributed by atoms with Crippen LogP contribution < -0.4 is 14.4 Å². The van der Waals surface area contributed by atoms with E-state index in [4.69, 9.17) is 19.2 Å². The summed E-state index contributed by atoms with van der Waals surface area (Å²) in [5.41, 5.74) is 0.902. The van der Waals surface area contributed by atoms with Crippen LogP contribution in [-0.4, -0.2) is 74.7 Å². The maximum atomic E-state index is 13.4. The van der Waals surface area contributed by atoms with Crippen LogP contribution in [0, 0.1) is 0 Å². The average Bonchev–Trinajstić information content (AvgIpc) is 3.33. The minimum Gasteiger partial charge on any atom is -0.497 e. The second kappa shape index (κ2) is 15.4. The molecule has 7 nitrogen and oxygen atoms in total. The van der Waals surface area contributed by atoms with Crippen LogP contribution in [0.1, 0.15) is 26.2 Å². The fraction of sp³-hybridized carbons (Fsp3) is 0.481. The van der Waals surface area contributed by atoms with E-state index in [0.717, 1.165) is 78.3 Å². The molecule has 3 aromatic rings. The smallest absolute Gasteiger partial charge is 0.228 e. The Morgan fingerprint density at radius 3 is 2.62 bits per heavy atom. The number of fused-ring (bicyclic) bond motifs is 1. The number of aromatic nitrogens is 1. The number of thioether (sulfide) groups is 1. The molecule has 1 amide bonds. The summed E-state index contributed by atoms with van der Waals surface area (Å²) in [6.45, 7) is 7.71. The topological polar surface area (TPSA) is 64.1 Å². The van der Waals surface area contributed by atoms with Crippen LogP contribution in [0.15, 0.2) is 47.4 Å². The van der Waals surface area contributed by atoms with Crippen LogP contribution in [0.5, 0.6) is 11.5 Å². The number of carbonyl (C=O) groups excluding carboxylic acids is 1. The van der Waals surface area contributed by atoms with E-state index in [1.807, 2.05) is 42.2 Å². The van der Waals surface area contributed by atoms with Crippen molar-refractivity contribution in [2.45, 2.75) is 31.1 Å². The van der Waals surface area contributed by atoms with E-state index in [1.165, 1.54) is 4.90 Å². The van der Waals surface area contributed by atoms with Gasteiger partial charge in [0.2, 0.25) is 5.91 Å². The van der Waals surface area contributed by atoms with Crippen molar-refractivity contribution >= 4 is 56.8 Å². The van der Waals surface area contributed by atoms with Crippen LogP contribution in [-0.2, 0) is 9.53 Å². The van der Waals surface area contributed by atoms with Gasteiger partial charge in [0.15, 0.2) is 5.13 Å². The lowest BCUT2D eigenvalue weighted by Crippen LogP contribution is -2.39. The van der Waals surface area contributed by atoms with Crippen LogP contribution in [0.3, 0.4) is 0 Å².